The van der Waals surface area contributed by atoms with Crippen LogP contribution in [0.4, 0.5) is 5.69 Å². The van der Waals surface area contributed by atoms with E-state index in [-0.39, 0.29) is 61.5 Å². The van der Waals surface area contributed by atoms with Crippen molar-refractivity contribution < 1.29 is 24.0 Å². The van der Waals surface area contributed by atoms with E-state index in [0.717, 1.165) is 11.3 Å². The van der Waals surface area contributed by atoms with E-state index in [1.807, 2.05) is 0 Å². The Kier molecular flexibility index (Phi) is 10.1. The van der Waals surface area contributed by atoms with Gasteiger partial charge in [-0.1, -0.05) is 24.3 Å². The molecule has 1 atom stereocenters. The number of benzene rings is 2. The van der Waals surface area contributed by atoms with Crippen molar-refractivity contribution >= 4 is 41.7 Å². The first-order valence-electron chi connectivity index (χ1n) is 12.6. The lowest BCUT2D eigenvalue weighted by atomic mass is 10.0. The summed E-state index contributed by atoms with van der Waals surface area (Å²) in [6.45, 7) is 2.58. The summed E-state index contributed by atoms with van der Waals surface area (Å²) in [6, 6.07) is 11.0. The van der Waals surface area contributed by atoms with Crippen LogP contribution in [0.2, 0.25) is 0 Å². The fourth-order valence-electron chi connectivity index (χ4n) is 4.50. The largest absolute Gasteiger partial charge is 0.465 e. The summed E-state index contributed by atoms with van der Waals surface area (Å²) in [5.41, 5.74) is 8.44. The average molecular weight is 584 g/mol. The maximum atomic E-state index is 13.7. The van der Waals surface area contributed by atoms with Gasteiger partial charge in [0, 0.05) is 60.4 Å². The quantitative estimate of drug-likeness (QED) is 0.106. The summed E-state index contributed by atoms with van der Waals surface area (Å²) in [6.07, 6.45) is 2.19. The molecule has 216 valence electrons. The lowest BCUT2D eigenvalue weighted by Gasteiger charge is -2.31. The Labute approximate surface area is 241 Å². The Bertz CT molecular complexity index is 1440. The number of aromatic nitrogens is 2. The van der Waals surface area contributed by atoms with Crippen LogP contribution in [-0.2, 0) is 40.3 Å². The summed E-state index contributed by atoms with van der Waals surface area (Å²) in [5, 5.41) is 25.7. The monoisotopic (exact) mass is 583 g/mol. The summed E-state index contributed by atoms with van der Waals surface area (Å²) in [7, 11) is 0. The van der Waals surface area contributed by atoms with Gasteiger partial charge < -0.3 is 20.7 Å². The van der Waals surface area contributed by atoms with Crippen LogP contribution in [0.5, 0.6) is 0 Å². The molecule has 4 N–H and O–H groups in total. The van der Waals surface area contributed by atoms with Crippen molar-refractivity contribution in [2.75, 3.05) is 13.2 Å². The zero-order chi connectivity index (χ0) is 28.8. The molecule has 1 aliphatic rings. The molecule has 0 spiro atoms. The molecule has 0 saturated heterocycles. The van der Waals surface area contributed by atoms with Crippen LogP contribution in [0, 0.1) is 15.5 Å². The third-order valence-electron chi connectivity index (χ3n) is 6.56. The number of nitrogens with one attached hydrogen (secondary N) is 2. The number of nitrogen functional groups attached to an aromatic ring is 1. The number of halogens is 1. The van der Waals surface area contributed by atoms with Crippen LogP contribution in [0.15, 0.2) is 54.7 Å². The van der Waals surface area contributed by atoms with Gasteiger partial charge in [0.1, 0.15) is 18.4 Å². The molecule has 2 amide bonds. The summed E-state index contributed by atoms with van der Waals surface area (Å²) >= 11 is 0. The molecule has 1 aliphatic heterocycles. The standard InChI is InChI=1S/C27H29N7O6.ClH/c1-2-40-24(35)16-33-23-11-12-32(15-20(23)14-30-33)27(37)22(13-17-3-9-21(10-4-17)34(38)39)31-26(36)19-7-5-18(6-8-19)25(28)29;/h3-10,14,22H,2,11-13,15-16H2,1H3,(H3,28,29)(H,31,36);1H/t22-;/m0./s1. The van der Waals surface area contributed by atoms with Gasteiger partial charge in [-0.05, 0) is 24.6 Å². The number of fused-ring (bicyclic) bond motifs is 1. The van der Waals surface area contributed by atoms with Crippen molar-refractivity contribution in [2.24, 2.45) is 5.73 Å². The highest BCUT2D eigenvalue weighted by Gasteiger charge is 2.31. The molecule has 0 fully saturated rings. The van der Waals surface area contributed by atoms with Crippen LogP contribution in [0.25, 0.3) is 0 Å². The van der Waals surface area contributed by atoms with E-state index in [2.05, 4.69) is 10.4 Å². The number of hydrogen-bond donors (Lipinski definition) is 3. The minimum atomic E-state index is -0.961. The molecule has 4 rings (SSSR count). The lowest BCUT2D eigenvalue weighted by molar-refractivity contribution is -0.384. The third kappa shape index (κ3) is 7.45. The van der Waals surface area contributed by atoms with Gasteiger partial charge in [0.2, 0.25) is 5.91 Å². The summed E-state index contributed by atoms with van der Waals surface area (Å²) in [4.78, 5) is 50.9. The second-order valence-corrected chi connectivity index (χ2v) is 9.23. The maximum Gasteiger partial charge on any atom is 0.327 e. The SMILES string of the molecule is CCOC(=O)Cn1ncc2c1CCN(C(=O)[C@H](Cc1ccc([N+](=O)[O-])cc1)NC(=O)c1ccc(C(=N)N)cc1)C2.Cl. The molecule has 0 radical (unpaired) electrons. The number of carbonyl (C=O) groups excluding carboxylic acids is 3. The van der Waals surface area contributed by atoms with E-state index in [1.54, 1.807) is 47.0 Å². The fourth-order valence-corrected chi connectivity index (χ4v) is 4.50. The Morgan fingerprint density at radius 1 is 1.15 bits per heavy atom. The first-order chi connectivity index (χ1) is 19.2. The fraction of sp³-hybridized carbons (Fsp3) is 0.296. The topological polar surface area (TPSA) is 187 Å². The number of hydrogen-bond acceptors (Lipinski definition) is 8. The van der Waals surface area contributed by atoms with Gasteiger partial charge >= 0.3 is 5.97 Å². The second-order valence-electron chi connectivity index (χ2n) is 9.23. The van der Waals surface area contributed by atoms with Gasteiger partial charge in [-0.3, -0.25) is 34.6 Å². The number of non-ortho nitro benzene ring substituents is 1. The van der Waals surface area contributed by atoms with Crippen LogP contribution < -0.4 is 11.1 Å². The number of ether oxygens (including phenoxy) is 1. The number of nitro groups is 1. The van der Waals surface area contributed by atoms with Crippen molar-refractivity contribution in [1.29, 1.82) is 5.41 Å². The van der Waals surface area contributed by atoms with Crippen molar-refractivity contribution in [3.05, 3.63) is 92.8 Å². The number of nitro benzene ring substituents is 1. The smallest absolute Gasteiger partial charge is 0.327 e. The van der Waals surface area contributed by atoms with Gasteiger partial charge in [-0.25, -0.2) is 0 Å². The molecule has 41 heavy (non-hydrogen) atoms. The lowest BCUT2D eigenvalue weighted by Crippen LogP contribution is -2.51. The van der Waals surface area contributed by atoms with E-state index < -0.39 is 22.8 Å². The highest BCUT2D eigenvalue weighted by Crippen LogP contribution is 2.21. The van der Waals surface area contributed by atoms with Gasteiger partial charge in [0.25, 0.3) is 11.6 Å². The third-order valence-corrected chi connectivity index (χ3v) is 6.56. The van der Waals surface area contributed by atoms with Gasteiger partial charge in [0.05, 0.1) is 17.7 Å². The molecule has 0 aliphatic carbocycles. The summed E-state index contributed by atoms with van der Waals surface area (Å²) in [5.74, 6) is -1.34. The van der Waals surface area contributed by atoms with E-state index in [0.29, 0.717) is 24.1 Å². The second kappa shape index (κ2) is 13.5. The molecule has 2 aromatic carbocycles. The minimum Gasteiger partial charge on any atom is -0.465 e. The van der Waals surface area contributed by atoms with Gasteiger partial charge in [0.15, 0.2) is 0 Å². The predicted molar refractivity (Wildman–Crippen MR) is 151 cm³/mol. The normalized spacial score (nSPS) is 12.9. The first kappa shape index (κ1) is 30.8. The molecule has 3 aromatic rings. The number of carbonyl (C=O) groups is 3. The minimum absolute atomic E-state index is 0. The van der Waals surface area contributed by atoms with E-state index in [1.165, 1.54) is 24.3 Å². The number of esters is 1. The van der Waals surface area contributed by atoms with Crippen molar-refractivity contribution in [3.8, 4) is 0 Å². The van der Waals surface area contributed by atoms with E-state index in [9.17, 15) is 24.5 Å². The highest BCUT2D eigenvalue weighted by atomic mass is 35.5. The highest BCUT2D eigenvalue weighted by molar-refractivity contribution is 5.99. The molecule has 2 heterocycles. The maximum absolute atomic E-state index is 13.7. The van der Waals surface area contributed by atoms with E-state index in [4.69, 9.17) is 15.9 Å². The number of amidine groups is 1. The Morgan fingerprint density at radius 3 is 2.41 bits per heavy atom. The summed E-state index contributed by atoms with van der Waals surface area (Å²) < 4.78 is 6.59. The zero-order valence-electron chi connectivity index (χ0n) is 22.2. The molecule has 0 unspecified atom stereocenters. The zero-order valence-corrected chi connectivity index (χ0v) is 23.1. The van der Waals surface area contributed by atoms with Crippen LogP contribution in [0.3, 0.4) is 0 Å². The molecule has 14 heteroatoms. The van der Waals surface area contributed by atoms with Crippen LogP contribution in [-0.4, -0.2) is 62.4 Å². The Balaban J connectivity index is 0.00000462. The first-order valence-corrected chi connectivity index (χ1v) is 12.6. The Hall–Kier alpha value is -4.78. The van der Waals surface area contributed by atoms with Crippen molar-refractivity contribution in [1.82, 2.24) is 20.0 Å². The van der Waals surface area contributed by atoms with Crippen molar-refractivity contribution in [2.45, 2.75) is 38.9 Å². The van der Waals surface area contributed by atoms with Gasteiger partial charge in [-0.15, -0.1) is 12.4 Å². The molecule has 13 nitrogen and oxygen atoms in total. The van der Waals surface area contributed by atoms with Gasteiger partial charge in [-0.2, -0.15) is 5.10 Å². The number of nitrogens with two attached hydrogens (primary N) is 1. The molecule has 0 bridgehead atoms. The number of nitrogens with zero attached hydrogens (tertiary/aromatic N) is 4. The Morgan fingerprint density at radius 2 is 1.80 bits per heavy atom. The number of rotatable bonds is 10. The van der Waals surface area contributed by atoms with E-state index >= 15 is 0 Å². The molecular weight excluding hydrogens is 554 g/mol. The number of amides is 2. The molecule has 0 saturated carbocycles. The average Bonchev–Trinajstić information content (AvgIpc) is 3.34. The van der Waals surface area contributed by atoms with Crippen LogP contribution >= 0.6 is 12.4 Å². The predicted octanol–water partition coefficient (Wildman–Crippen LogP) is 1.99. The van der Waals surface area contributed by atoms with Crippen LogP contribution in [0.1, 0.15) is 39.7 Å². The molecular formula is C27H30ClN7O6. The van der Waals surface area contributed by atoms with Crippen molar-refractivity contribution in [3.63, 3.8) is 0 Å². The molecule has 1 aromatic heterocycles.